The van der Waals surface area contributed by atoms with Crippen molar-refractivity contribution in [1.29, 1.82) is 0 Å². The molecule has 0 amide bonds. The third-order valence-corrected chi connectivity index (χ3v) is 2.80. The van der Waals surface area contributed by atoms with E-state index in [1.165, 1.54) is 32.1 Å². The minimum atomic E-state index is 0.165. The van der Waals surface area contributed by atoms with Crippen LogP contribution >= 0.6 is 0 Å². The highest BCUT2D eigenvalue weighted by molar-refractivity contribution is 5.10. The van der Waals surface area contributed by atoms with Crippen molar-refractivity contribution in [2.45, 2.75) is 44.3 Å². The van der Waals surface area contributed by atoms with Gasteiger partial charge < -0.3 is 4.74 Å². The van der Waals surface area contributed by atoms with Gasteiger partial charge in [-0.2, -0.15) is 0 Å². The lowest BCUT2D eigenvalue weighted by Crippen LogP contribution is -2.13. The van der Waals surface area contributed by atoms with Gasteiger partial charge in [0.05, 0.1) is 6.10 Å². The summed E-state index contributed by atoms with van der Waals surface area (Å²) in [4.78, 5) is 0. The Hall–Kier alpha value is -0.480. The summed E-state index contributed by atoms with van der Waals surface area (Å²) in [5.41, 5.74) is 0. The molecule has 2 atom stereocenters. The Labute approximate surface area is 68.1 Å². The van der Waals surface area contributed by atoms with Crippen LogP contribution in [0.2, 0.25) is 0 Å². The van der Waals surface area contributed by atoms with Crippen molar-refractivity contribution in [1.82, 2.24) is 0 Å². The molecule has 2 aliphatic rings. The Kier molecular flexibility index (Phi) is 1.87. The minimum Gasteiger partial charge on any atom is -0.355 e. The van der Waals surface area contributed by atoms with Crippen molar-refractivity contribution in [3.05, 3.63) is 0 Å². The third kappa shape index (κ3) is 1.41. The molecule has 2 fully saturated rings. The number of epoxide rings is 1. The third-order valence-electron chi connectivity index (χ3n) is 2.80. The largest absolute Gasteiger partial charge is 0.355 e. The van der Waals surface area contributed by atoms with Gasteiger partial charge in [-0.15, -0.1) is 6.42 Å². The normalized spacial score (nSPS) is 38.1. The summed E-state index contributed by atoms with van der Waals surface area (Å²) >= 11 is 0. The van der Waals surface area contributed by atoms with E-state index in [0.29, 0.717) is 6.10 Å². The lowest BCUT2D eigenvalue weighted by Gasteiger charge is -2.18. The molecule has 1 saturated carbocycles. The van der Waals surface area contributed by atoms with Gasteiger partial charge in [0, 0.05) is 0 Å². The molecule has 0 radical (unpaired) electrons. The molecule has 11 heavy (non-hydrogen) atoms. The number of rotatable bonds is 1. The Morgan fingerprint density at radius 2 is 1.91 bits per heavy atom. The van der Waals surface area contributed by atoms with E-state index in [0.717, 1.165) is 5.92 Å². The Balaban J connectivity index is 1.83. The maximum absolute atomic E-state index is 5.37. The van der Waals surface area contributed by atoms with E-state index in [1.807, 2.05) is 0 Å². The fourth-order valence-electron chi connectivity index (χ4n) is 2.08. The van der Waals surface area contributed by atoms with Gasteiger partial charge in [-0.05, 0) is 18.8 Å². The first kappa shape index (κ1) is 7.18. The van der Waals surface area contributed by atoms with Gasteiger partial charge in [0.2, 0.25) is 0 Å². The van der Waals surface area contributed by atoms with Crippen LogP contribution in [-0.2, 0) is 4.74 Å². The van der Waals surface area contributed by atoms with Crippen LogP contribution in [0.5, 0.6) is 0 Å². The summed E-state index contributed by atoms with van der Waals surface area (Å²) in [6.07, 6.45) is 12.7. The number of ether oxygens (including phenoxy) is 1. The van der Waals surface area contributed by atoms with Crippen LogP contribution in [0.3, 0.4) is 0 Å². The minimum absolute atomic E-state index is 0.165. The number of hydrogen-bond acceptors (Lipinski definition) is 1. The highest BCUT2D eigenvalue weighted by atomic mass is 16.6. The molecule has 1 nitrogen and oxygen atoms in total. The molecule has 0 bridgehead atoms. The van der Waals surface area contributed by atoms with Crippen LogP contribution < -0.4 is 0 Å². The standard InChI is InChI=1S/C10H14O/c1-2-9-10(11-9)8-6-4-3-5-7-8/h1,8-10H,3-7H2/t9-,10-/m1/s1. The molecule has 1 aliphatic heterocycles. The van der Waals surface area contributed by atoms with Crippen LogP contribution in [0.15, 0.2) is 0 Å². The van der Waals surface area contributed by atoms with E-state index in [1.54, 1.807) is 0 Å². The summed E-state index contributed by atoms with van der Waals surface area (Å²) in [5, 5.41) is 0. The summed E-state index contributed by atoms with van der Waals surface area (Å²) in [5.74, 6) is 3.45. The molecule has 0 unspecified atom stereocenters. The summed E-state index contributed by atoms with van der Waals surface area (Å²) in [6.45, 7) is 0. The predicted octanol–water partition coefficient (Wildman–Crippen LogP) is 1.97. The first-order valence-electron chi connectivity index (χ1n) is 4.53. The van der Waals surface area contributed by atoms with E-state index in [-0.39, 0.29) is 6.10 Å². The molecule has 60 valence electrons. The van der Waals surface area contributed by atoms with Gasteiger partial charge >= 0.3 is 0 Å². The number of hydrogen-bond donors (Lipinski definition) is 0. The molecule has 0 spiro atoms. The first-order valence-corrected chi connectivity index (χ1v) is 4.53. The maximum atomic E-state index is 5.37. The van der Waals surface area contributed by atoms with Crippen molar-refractivity contribution >= 4 is 0 Å². The highest BCUT2D eigenvalue weighted by Gasteiger charge is 2.43. The zero-order valence-electron chi connectivity index (χ0n) is 6.75. The molecule has 0 aromatic rings. The SMILES string of the molecule is C#C[C@H]1O[C@@H]1C1CCCCC1. The second kappa shape index (κ2) is 2.87. The van der Waals surface area contributed by atoms with E-state index in [9.17, 15) is 0 Å². The lowest BCUT2D eigenvalue weighted by molar-refractivity contribution is 0.265. The van der Waals surface area contributed by atoms with Crippen LogP contribution in [0.1, 0.15) is 32.1 Å². The fourth-order valence-corrected chi connectivity index (χ4v) is 2.08. The van der Waals surface area contributed by atoms with Crippen LogP contribution in [0.4, 0.5) is 0 Å². The molecule has 1 heterocycles. The Morgan fingerprint density at radius 3 is 2.45 bits per heavy atom. The first-order chi connectivity index (χ1) is 5.42. The topological polar surface area (TPSA) is 12.5 Å². The molecule has 1 heteroatoms. The van der Waals surface area contributed by atoms with Crippen LogP contribution in [-0.4, -0.2) is 12.2 Å². The van der Waals surface area contributed by atoms with Gasteiger partial charge in [0.1, 0.15) is 6.10 Å². The molecule has 1 saturated heterocycles. The average Bonchev–Trinajstić information content (AvgIpc) is 2.85. The van der Waals surface area contributed by atoms with Crippen molar-refractivity contribution in [2.24, 2.45) is 5.92 Å². The van der Waals surface area contributed by atoms with Crippen molar-refractivity contribution in [3.63, 3.8) is 0 Å². The summed E-state index contributed by atoms with van der Waals surface area (Å²) in [7, 11) is 0. The lowest BCUT2D eigenvalue weighted by atomic mass is 9.86. The number of terminal acetylenes is 1. The molecule has 0 aromatic heterocycles. The highest BCUT2D eigenvalue weighted by Crippen LogP contribution is 2.37. The zero-order valence-corrected chi connectivity index (χ0v) is 6.75. The van der Waals surface area contributed by atoms with Gasteiger partial charge in [-0.1, -0.05) is 25.2 Å². The van der Waals surface area contributed by atoms with Crippen molar-refractivity contribution < 1.29 is 4.74 Å². The van der Waals surface area contributed by atoms with Gasteiger partial charge in [0.15, 0.2) is 0 Å². The van der Waals surface area contributed by atoms with E-state index < -0.39 is 0 Å². The zero-order chi connectivity index (χ0) is 7.68. The quantitative estimate of drug-likeness (QED) is 0.411. The molecule has 0 N–H and O–H groups in total. The molecule has 2 rings (SSSR count). The molecule has 1 aliphatic carbocycles. The van der Waals surface area contributed by atoms with E-state index >= 15 is 0 Å². The second-order valence-corrected chi connectivity index (χ2v) is 3.59. The van der Waals surface area contributed by atoms with Crippen molar-refractivity contribution in [2.75, 3.05) is 0 Å². The summed E-state index contributed by atoms with van der Waals surface area (Å²) in [6, 6.07) is 0. The van der Waals surface area contributed by atoms with Crippen LogP contribution in [0.25, 0.3) is 0 Å². The second-order valence-electron chi connectivity index (χ2n) is 3.59. The van der Waals surface area contributed by atoms with Gasteiger partial charge in [-0.3, -0.25) is 0 Å². The summed E-state index contributed by atoms with van der Waals surface area (Å²) < 4.78 is 5.37. The average molecular weight is 150 g/mol. The van der Waals surface area contributed by atoms with Gasteiger partial charge in [0.25, 0.3) is 0 Å². The maximum Gasteiger partial charge on any atom is 0.144 e. The Bertz CT molecular complexity index is 174. The Morgan fingerprint density at radius 1 is 1.18 bits per heavy atom. The van der Waals surface area contributed by atoms with E-state index in [2.05, 4.69) is 5.92 Å². The monoisotopic (exact) mass is 150 g/mol. The fraction of sp³-hybridized carbons (Fsp3) is 0.800. The smallest absolute Gasteiger partial charge is 0.144 e. The molecule has 0 aromatic carbocycles. The van der Waals surface area contributed by atoms with Crippen LogP contribution in [0, 0.1) is 18.3 Å². The predicted molar refractivity (Wildman–Crippen MR) is 44.1 cm³/mol. The molecular weight excluding hydrogens is 136 g/mol. The van der Waals surface area contributed by atoms with Gasteiger partial charge in [-0.25, -0.2) is 0 Å². The molecular formula is C10H14O. The van der Waals surface area contributed by atoms with Crippen molar-refractivity contribution in [3.8, 4) is 12.3 Å². The van der Waals surface area contributed by atoms with E-state index in [4.69, 9.17) is 11.2 Å².